The van der Waals surface area contributed by atoms with E-state index in [0.717, 1.165) is 5.56 Å². The summed E-state index contributed by atoms with van der Waals surface area (Å²) in [5.41, 5.74) is 5.98. The highest BCUT2D eigenvalue weighted by molar-refractivity contribution is 5.75. The molecule has 1 aromatic rings. The Morgan fingerprint density at radius 3 is 2.26 bits per heavy atom. The van der Waals surface area contributed by atoms with Crippen molar-refractivity contribution in [2.45, 2.75) is 25.3 Å². The SMILES string of the molecule is CC(=O)NC1(c2ccccc2)CCN(C(N)=O)CC1. The van der Waals surface area contributed by atoms with Crippen LogP contribution in [-0.4, -0.2) is 29.9 Å². The topological polar surface area (TPSA) is 75.4 Å². The molecule has 2 rings (SSSR count). The van der Waals surface area contributed by atoms with Crippen LogP contribution in [0.4, 0.5) is 4.79 Å². The van der Waals surface area contributed by atoms with Gasteiger partial charge in [-0.25, -0.2) is 4.79 Å². The Kier molecular flexibility index (Phi) is 3.74. The first-order valence-electron chi connectivity index (χ1n) is 6.42. The highest BCUT2D eigenvalue weighted by Gasteiger charge is 2.37. The second-order valence-corrected chi connectivity index (χ2v) is 4.95. The molecule has 19 heavy (non-hydrogen) atoms. The summed E-state index contributed by atoms with van der Waals surface area (Å²) in [5, 5.41) is 3.05. The molecule has 0 aliphatic carbocycles. The zero-order valence-electron chi connectivity index (χ0n) is 11.1. The molecule has 1 aromatic carbocycles. The fourth-order valence-electron chi connectivity index (χ4n) is 2.69. The zero-order valence-corrected chi connectivity index (χ0v) is 11.1. The molecule has 5 nitrogen and oxygen atoms in total. The molecule has 0 saturated carbocycles. The highest BCUT2D eigenvalue weighted by atomic mass is 16.2. The van der Waals surface area contributed by atoms with E-state index in [2.05, 4.69) is 5.32 Å². The van der Waals surface area contributed by atoms with Gasteiger partial charge in [0.05, 0.1) is 5.54 Å². The lowest BCUT2D eigenvalue weighted by Crippen LogP contribution is -2.54. The van der Waals surface area contributed by atoms with Crippen LogP contribution in [0, 0.1) is 0 Å². The molecule has 1 heterocycles. The van der Waals surface area contributed by atoms with Crippen molar-refractivity contribution < 1.29 is 9.59 Å². The van der Waals surface area contributed by atoms with Crippen LogP contribution >= 0.6 is 0 Å². The third-order valence-electron chi connectivity index (χ3n) is 3.67. The Bertz CT molecular complexity index is 465. The molecule has 5 heteroatoms. The van der Waals surface area contributed by atoms with E-state index in [0.29, 0.717) is 25.9 Å². The molecule has 0 atom stereocenters. The molecule has 0 unspecified atom stereocenters. The van der Waals surface area contributed by atoms with Crippen LogP contribution in [0.15, 0.2) is 30.3 Å². The molecule has 102 valence electrons. The number of nitrogens with two attached hydrogens (primary N) is 1. The smallest absolute Gasteiger partial charge is 0.314 e. The second kappa shape index (κ2) is 5.30. The number of benzene rings is 1. The summed E-state index contributed by atoms with van der Waals surface area (Å²) in [5.74, 6) is -0.0589. The maximum atomic E-state index is 11.5. The minimum Gasteiger partial charge on any atom is -0.351 e. The molecule has 0 spiro atoms. The lowest BCUT2D eigenvalue weighted by Gasteiger charge is -2.42. The van der Waals surface area contributed by atoms with E-state index < -0.39 is 6.03 Å². The molecule has 1 aliphatic rings. The van der Waals surface area contributed by atoms with Crippen LogP contribution in [0.2, 0.25) is 0 Å². The molecular formula is C14H19N3O2. The second-order valence-electron chi connectivity index (χ2n) is 4.95. The van der Waals surface area contributed by atoms with Gasteiger partial charge in [-0.2, -0.15) is 0 Å². The first-order chi connectivity index (χ1) is 9.03. The van der Waals surface area contributed by atoms with Gasteiger partial charge in [0, 0.05) is 20.0 Å². The van der Waals surface area contributed by atoms with Crippen molar-refractivity contribution in [3.05, 3.63) is 35.9 Å². The number of carbonyl (C=O) groups excluding carboxylic acids is 2. The van der Waals surface area contributed by atoms with Crippen LogP contribution in [0.1, 0.15) is 25.3 Å². The van der Waals surface area contributed by atoms with Gasteiger partial charge >= 0.3 is 6.03 Å². The summed E-state index contributed by atoms with van der Waals surface area (Å²) in [6.45, 7) is 2.64. The summed E-state index contributed by atoms with van der Waals surface area (Å²) >= 11 is 0. The number of carbonyl (C=O) groups is 2. The van der Waals surface area contributed by atoms with E-state index in [4.69, 9.17) is 5.73 Å². The molecule has 3 amide bonds. The monoisotopic (exact) mass is 261 g/mol. The Morgan fingerprint density at radius 2 is 1.79 bits per heavy atom. The first-order valence-corrected chi connectivity index (χ1v) is 6.42. The van der Waals surface area contributed by atoms with Crippen molar-refractivity contribution in [1.82, 2.24) is 10.2 Å². The molecule has 0 radical (unpaired) electrons. The van der Waals surface area contributed by atoms with Crippen LogP contribution in [0.25, 0.3) is 0 Å². The Morgan fingerprint density at radius 1 is 1.21 bits per heavy atom. The van der Waals surface area contributed by atoms with E-state index in [1.165, 1.54) is 6.92 Å². The van der Waals surface area contributed by atoms with Crippen molar-refractivity contribution in [2.75, 3.05) is 13.1 Å². The van der Waals surface area contributed by atoms with Crippen molar-refractivity contribution in [3.63, 3.8) is 0 Å². The van der Waals surface area contributed by atoms with Crippen LogP contribution in [0.3, 0.4) is 0 Å². The number of urea groups is 1. The molecule has 0 bridgehead atoms. The van der Waals surface area contributed by atoms with Crippen molar-refractivity contribution in [3.8, 4) is 0 Å². The number of hydrogen-bond donors (Lipinski definition) is 2. The molecule has 1 aliphatic heterocycles. The Balaban J connectivity index is 2.23. The van der Waals surface area contributed by atoms with E-state index in [1.807, 2.05) is 30.3 Å². The molecular weight excluding hydrogens is 242 g/mol. The van der Waals surface area contributed by atoms with Crippen molar-refractivity contribution >= 4 is 11.9 Å². The largest absolute Gasteiger partial charge is 0.351 e. The number of rotatable bonds is 2. The summed E-state index contributed by atoms with van der Waals surface area (Å²) in [6.07, 6.45) is 1.36. The van der Waals surface area contributed by atoms with Gasteiger partial charge in [-0.05, 0) is 18.4 Å². The number of hydrogen-bond acceptors (Lipinski definition) is 2. The van der Waals surface area contributed by atoms with E-state index in [-0.39, 0.29) is 11.4 Å². The number of likely N-dealkylation sites (tertiary alicyclic amines) is 1. The van der Waals surface area contributed by atoms with Gasteiger partial charge < -0.3 is 16.0 Å². The maximum Gasteiger partial charge on any atom is 0.314 e. The van der Waals surface area contributed by atoms with Gasteiger partial charge in [0.1, 0.15) is 0 Å². The highest BCUT2D eigenvalue weighted by Crippen LogP contribution is 2.32. The Labute approximate surface area is 112 Å². The van der Waals surface area contributed by atoms with Gasteiger partial charge in [-0.3, -0.25) is 4.79 Å². The van der Waals surface area contributed by atoms with E-state index >= 15 is 0 Å². The summed E-state index contributed by atoms with van der Waals surface area (Å²) < 4.78 is 0. The third kappa shape index (κ3) is 2.86. The van der Waals surface area contributed by atoms with Crippen LogP contribution in [0.5, 0.6) is 0 Å². The van der Waals surface area contributed by atoms with E-state index in [9.17, 15) is 9.59 Å². The summed E-state index contributed by atoms with van der Waals surface area (Å²) in [6, 6.07) is 9.48. The molecule has 1 fully saturated rings. The average molecular weight is 261 g/mol. The number of amides is 3. The molecule has 3 N–H and O–H groups in total. The zero-order chi connectivity index (χ0) is 13.9. The van der Waals surface area contributed by atoms with Gasteiger partial charge in [0.2, 0.25) is 5.91 Å². The van der Waals surface area contributed by atoms with Gasteiger partial charge in [-0.1, -0.05) is 30.3 Å². The lowest BCUT2D eigenvalue weighted by atomic mass is 9.81. The lowest BCUT2D eigenvalue weighted by molar-refractivity contribution is -0.121. The number of primary amides is 1. The van der Waals surface area contributed by atoms with Crippen molar-refractivity contribution in [1.29, 1.82) is 0 Å². The fraction of sp³-hybridized carbons (Fsp3) is 0.429. The number of nitrogens with zero attached hydrogens (tertiary/aromatic N) is 1. The van der Waals surface area contributed by atoms with Crippen molar-refractivity contribution in [2.24, 2.45) is 5.73 Å². The quantitative estimate of drug-likeness (QED) is 0.839. The molecule has 1 saturated heterocycles. The van der Waals surface area contributed by atoms with Gasteiger partial charge in [0.25, 0.3) is 0 Å². The Hall–Kier alpha value is -2.04. The van der Waals surface area contributed by atoms with Crippen LogP contribution < -0.4 is 11.1 Å². The average Bonchev–Trinajstić information content (AvgIpc) is 2.39. The number of nitrogens with one attached hydrogen (secondary N) is 1. The third-order valence-corrected chi connectivity index (χ3v) is 3.67. The van der Waals surface area contributed by atoms with Crippen LogP contribution in [-0.2, 0) is 10.3 Å². The van der Waals surface area contributed by atoms with Gasteiger partial charge in [-0.15, -0.1) is 0 Å². The predicted molar refractivity (Wildman–Crippen MR) is 72.3 cm³/mol. The van der Waals surface area contributed by atoms with Gasteiger partial charge in [0.15, 0.2) is 0 Å². The normalized spacial score (nSPS) is 17.8. The molecule has 0 aromatic heterocycles. The van der Waals surface area contributed by atoms with E-state index in [1.54, 1.807) is 4.90 Å². The maximum absolute atomic E-state index is 11.5. The number of piperidine rings is 1. The first kappa shape index (κ1) is 13.4. The summed E-state index contributed by atoms with van der Waals surface area (Å²) in [4.78, 5) is 24.3. The minimum absolute atomic E-state index is 0.0589. The summed E-state index contributed by atoms with van der Waals surface area (Å²) in [7, 11) is 0. The standard InChI is InChI=1S/C14H19N3O2/c1-11(18)16-14(12-5-3-2-4-6-12)7-9-17(10-8-14)13(15)19/h2-6H,7-10H2,1H3,(H2,15,19)(H,16,18). The minimum atomic E-state index is -0.399. The predicted octanol–water partition coefficient (Wildman–Crippen LogP) is 1.19. The fourth-order valence-corrected chi connectivity index (χ4v) is 2.69.